The van der Waals surface area contributed by atoms with Crippen molar-refractivity contribution in [3.05, 3.63) is 42.6 Å². The summed E-state index contributed by atoms with van der Waals surface area (Å²) in [4.78, 5) is 61.4. The van der Waals surface area contributed by atoms with Gasteiger partial charge < -0.3 is 30.1 Å². The number of alkyl carbamates (subject to hydrolysis) is 1. The standard InChI is InChI=1S/C43H59N5O9S/c1-3-30-26-43(30,41(52)47-58(54,55)32-20-21-32)46-39(50)35-17-11-23-48(35)40(51)38(28-13-7-4-8-14-28)45-42(53)57-37-18-10-15-27(37)12-6-5-9-16-34-36(49)25-29-24-31(56-2)19-22-33(29)44-34/h3,19,22,24-25,27-28,30,32,35,37-38,49H,1,4-18,20-21,23,26H2,2H3,(H,45,53)(H,46,50)(H,47,52)/t27-,30-,35+,37-,38?,43-/m1/s1. The minimum absolute atomic E-state index is 0.102. The average molecular weight is 822 g/mol. The van der Waals surface area contributed by atoms with Gasteiger partial charge in [-0.1, -0.05) is 38.2 Å². The van der Waals surface area contributed by atoms with Gasteiger partial charge in [-0.3, -0.25) is 19.1 Å². The Morgan fingerprint density at radius 2 is 1.79 bits per heavy atom. The fraction of sp³-hybridized carbons (Fsp3) is 0.651. The van der Waals surface area contributed by atoms with Crippen LogP contribution in [-0.4, -0.2) is 89.9 Å². The lowest BCUT2D eigenvalue weighted by atomic mass is 9.83. The number of hydrogen-bond acceptors (Lipinski definition) is 10. The van der Waals surface area contributed by atoms with Crippen LogP contribution in [0.15, 0.2) is 36.9 Å². The summed E-state index contributed by atoms with van der Waals surface area (Å²) in [5, 5.41) is 16.6. The molecule has 1 aliphatic heterocycles. The Balaban J connectivity index is 0.926. The molecule has 0 radical (unpaired) electrons. The second kappa shape index (κ2) is 17.8. The number of aromatic nitrogens is 1. The normalized spacial score (nSPS) is 26.5. The Hall–Kier alpha value is -4.40. The molecule has 15 heteroatoms. The molecule has 1 aromatic carbocycles. The van der Waals surface area contributed by atoms with Crippen LogP contribution in [0, 0.1) is 17.8 Å². The van der Waals surface area contributed by atoms with E-state index in [1.165, 1.54) is 4.90 Å². The number of aryl methyl sites for hydroxylation is 1. The highest BCUT2D eigenvalue weighted by molar-refractivity contribution is 7.91. The summed E-state index contributed by atoms with van der Waals surface area (Å²) < 4.78 is 38.7. The van der Waals surface area contributed by atoms with Crippen LogP contribution in [-0.2, 0) is 35.6 Å². The predicted octanol–water partition coefficient (Wildman–Crippen LogP) is 5.56. The van der Waals surface area contributed by atoms with Crippen LogP contribution in [0.25, 0.3) is 10.9 Å². The molecule has 0 bridgehead atoms. The maximum atomic E-state index is 14.4. The van der Waals surface area contributed by atoms with E-state index in [-0.39, 0.29) is 36.0 Å². The van der Waals surface area contributed by atoms with Crippen LogP contribution >= 0.6 is 0 Å². The number of ether oxygens (including phenoxy) is 2. The number of nitrogens with zero attached hydrogens (tertiary/aromatic N) is 2. The fourth-order valence-electron chi connectivity index (χ4n) is 9.51. The Morgan fingerprint density at radius 1 is 1.00 bits per heavy atom. The lowest BCUT2D eigenvalue weighted by Gasteiger charge is -2.35. The van der Waals surface area contributed by atoms with Gasteiger partial charge in [0.15, 0.2) is 0 Å². The second-order valence-corrected chi connectivity index (χ2v) is 19.1. The Bertz CT molecular complexity index is 1980. The molecule has 2 heterocycles. The van der Waals surface area contributed by atoms with E-state index in [0.717, 1.165) is 88.0 Å². The summed E-state index contributed by atoms with van der Waals surface area (Å²) in [6.45, 7) is 4.10. The predicted molar refractivity (Wildman–Crippen MR) is 217 cm³/mol. The van der Waals surface area contributed by atoms with E-state index in [2.05, 4.69) is 26.9 Å². The first kappa shape index (κ1) is 41.7. The number of rotatable bonds is 17. The number of aromatic hydroxyl groups is 1. The van der Waals surface area contributed by atoms with Gasteiger partial charge in [-0.25, -0.2) is 18.2 Å². The molecule has 4 amide bonds. The third-order valence-electron chi connectivity index (χ3n) is 13.2. The van der Waals surface area contributed by atoms with Gasteiger partial charge in [-0.05, 0) is 120 Å². The Labute approximate surface area is 341 Å². The maximum Gasteiger partial charge on any atom is 0.408 e. The van der Waals surface area contributed by atoms with Gasteiger partial charge >= 0.3 is 6.09 Å². The van der Waals surface area contributed by atoms with Crippen LogP contribution in [0.2, 0.25) is 0 Å². The monoisotopic (exact) mass is 821 g/mol. The Kier molecular flexibility index (Phi) is 12.8. The van der Waals surface area contributed by atoms with Crippen molar-refractivity contribution >= 4 is 44.7 Å². The molecule has 5 fully saturated rings. The van der Waals surface area contributed by atoms with Crippen LogP contribution in [0.3, 0.4) is 0 Å². The first-order valence-corrected chi connectivity index (χ1v) is 22.9. The highest BCUT2D eigenvalue weighted by Gasteiger charge is 2.61. The van der Waals surface area contributed by atoms with Gasteiger partial charge in [0.1, 0.15) is 35.2 Å². The van der Waals surface area contributed by atoms with E-state index in [1.807, 2.05) is 18.2 Å². The van der Waals surface area contributed by atoms with Crippen LogP contribution in [0.4, 0.5) is 4.79 Å². The number of pyridine rings is 1. The average Bonchev–Trinajstić information content (AvgIpc) is 4.10. The molecule has 4 N–H and O–H groups in total. The van der Waals surface area contributed by atoms with Crippen molar-refractivity contribution in [2.45, 2.75) is 145 Å². The minimum atomic E-state index is -3.83. The molecule has 5 aliphatic rings. The smallest absolute Gasteiger partial charge is 0.408 e. The van der Waals surface area contributed by atoms with Crippen molar-refractivity contribution in [2.24, 2.45) is 17.8 Å². The molecule has 1 aromatic heterocycles. The van der Waals surface area contributed by atoms with Crippen LogP contribution < -0.4 is 20.1 Å². The molecule has 7 rings (SSSR count). The van der Waals surface area contributed by atoms with Crippen LogP contribution in [0.1, 0.15) is 115 Å². The quantitative estimate of drug-likeness (QED) is 0.116. The zero-order chi connectivity index (χ0) is 41.0. The second-order valence-electron chi connectivity index (χ2n) is 17.1. The maximum absolute atomic E-state index is 14.4. The molecule has 2 aromatic rings. The molecule has 1 saturated heterocycles. The summed E-state index contributed by atoms with van der Waals surface area (Å²) in [5.41, 5.74) is 0.0515. The molecule has 0 spiro atoms. The highest BCUT2D eigenvalue weighted by atomic mass is 32.2. The third-order valence-corrected chi connectivity index (χ3v) is 15.0. The van der Waals surface area contributed by atoms with Crippen molar-refractivity contribution < 1.29 is 42.2 Å². The number of carbonyl (C=O) groups is 4. The Morgan fingerprint density at radius 3 is 2.52 bits per heavy atom. The summed E-state index contributed by atoms with van der Waals surface area (Å²) in [7, 11) is -2.22. The van der Waals surface area contributed by atoms with Crippen molar-refractivity contribution in [1.29, 1.82) is 0 Å². The van der Waals surface area contributed by atoms with E-state index in [0.29, 0.717) is 50.1 Å². The molecule has 4 saturated carbocycles. The summed E-state index contributed by atoms with van der Waals surface area (Å²) in [6.07, 6.45) is 14.3. The van der Waals surface area contributed by atoms with E-state index < -0.39 is 56.7 Å². The summed E-state index contributed by atoms with van der Waals surface area (Å²) >= 11 is 0. The lowest BCUT2D eigenvalue weighted by Crippen LogP contribution is -2.59. The zero-order valence-electron chi connectivity index (χ0n) is 33.6. The molecule has 4 aliphatic carbocycles. The van der Waals surface area contributed by atoms with Crippen molar-refractivity contribution in [3.8, 4) is 11.5 Å². The molecular weight excluding hydrogens is 763 g/mol. The molecule has 14 nitrogen and oxygen atoms in total. The number of hydrogen-bond donors (Lipinski definition) is 4. The van der Waals surface area contributed by atoms with Crippen LogP contribution in [0.5, 0.6) is 11.5 Å². The van der Waals surface area contributed by atoms with Gasteiger partial charge in [0.25, 0.3) is 5.91 Å². The SMILES string of the molecule is C=C[C@@H]1C[C@]1(NC(=O)[C@@H]1CCCN1C(=O)C(NC(=O)O[C@@H]1CCC[C@H]1CCCCCc1nc2ccc(OC)cc2cc1O)C1CCCCC1)C(=O)NS(=O)(=O)C1CC1. The van der Waals surface area contributed by atoms with Gasteiger partial charge in [0, 0.05) is 17.8 Å². The zero-order valence-corrected chi connectivity index (χ0v) is 34.4. The van der Waals surface area contributed by atoms with Crippen molar-refractivity contribution in [2.75, 3.05) is 13.7 Å². The van der Waals surface area contributed by atoms with Gasteiger partial charge in [0.05, 0.1) is 23.6 Å². The number of carbonyl (C=O) groups excluding carboxylic acids is 4. The number of fused-ring (bicyclic) bond motifs is 1. The summed E-state index contributed by atoms with van der Waals surface area (Å²) in [6, 6.07) is 5.62. The number of benzene rings is 1. The summed E-state index contributed by atoms with van der Waals surface area (Å²) in [5.74, 6) is -1.05. The van der Waals surface area contributed by atoms with Crippen molar-refractivity contribution in [3.63, 3.8) is 0 Å². The largest absolute Gasteiger partial charge is 0.506 e. The van der Waals surface area contributed by atoms with Gasteiger partial charge in [-0.15, -0.1) is 6.58 Å². The molecule has 316 valence electrons. The number of amides is 4. The molecule has 6 atom stereocenters. The first-order valence-electron chi connectivity index (χ1n) is 21.4. The van der Waals surface area contributed by atoms with E-state index in [9.17, 15) is 32.7 Å². The first-order chi connectivity index (χ1) is 27.9. The van der Waals surface area contributed by atoms with E-state index >= 15 is 0 Å². The minimum Gasteiger partial charge on any atom is -0.506 e. The highest BCUT2D eigenvalue weighted by Crippen LogP contribution is 2.45. The fourth-order valence-corrected chi connectivity index (χ4v) is 10.9. The lowest BCUT2D eigenvalue weighted by molar-refractivity contribution is -0.142. The topological polar surface area (TPSA) is 193 Å². The third kappa shape index (κ3) is 9.39. The van der Waals surface area contributed by atoms with Gasteiger partial charge in [-0.2, -0.15) is 0 Å². The molecule has 1 unspecified atom stereocenters. The number of methoxy groups -OCH3 is 1. The van der Waals surface area contributed by atoms with Gasteiger partial charge in [0.2, 0.25) is 21.8 Å². The van der Waals surface area contributed by atoms with E-state index in [4.69, 9.17) is 9.47 Å². The number of unbranched alkanes of at least 4 members (excludes halogenated alkanes) is 2. The molecular formula is C43H59N5O9S. The number of nitrogens with one attached hydrogen (secondary N) is 3. The number of likely N-dealkylation sites (tertiary alicyclic amines) is 1. The molecule has 58 heavy (non-hydrogen) atoms. The number of sulfonamides is 1. The van der Waals surface area contributed by atoms with E-state index in [1.54, 1.807) is 19.3 Å². The van der Waals surface area contributed by atoms with Crippen molar-refractivity contribution in [1.82, 2.24) is 25.2 Å².